The van der Waals surface area contributed by atoms with Gasteiger partial charge in [0.25, 0.3) is 0 Å². The highest BCUT2D eigenvalue weighted by molar-refractivity contribution is 4.83. The van der Waals surface area contributed by atoms with Gasteiger partial charge >= 0.3 is 0 Å². The first kappa shape index (κ1) is 9.20. The van der Waals surface area contributed by atoms with Crippen LogP contribution in [0.15, 0.2) is 30.6 Å². The number of unbranched alkanes of at least 4 members (excludes halogenated alkanes) is 1. The second-order valence-corrected chi connectivity index (χ2v) is 2.81. The van der Waals surface area contributed by atoms with E-state index in [0.29, 0.717) is 0 Å². The van der Waals surface area contributed by atoms with Gasteiger partial charge in [-0.05, 0) is 6.42 Å². The Morgan fingerprint density at radius 1 is 1.08 bits per heavy atom. The Kier molecular flexibility index (Phi) is 4.39. The van der Waals surface area contributed by atoms with Crippen LogP contribution in [-0.4, -0.2) is 13.7 Å². The quantitative estimate of drug-likeness (QED) is 0.476. The maximum absolute atomic E-state index is 4.97. The molecule has 66 valence electrons. The van der Waals surface area contributed by atoms with Gasteiger partial charge in [0.1, 0.15) is 6.54 Å². The van der Waals surface area contributed by atoms with E-state index in [4.69, 9.17) is 4.74 Å². The number of pyridine rings is 1. The number of hydrogen-bond acceptors (Lipinski definition) is 1. The Bertz CT molecular complexity index is 198. The van der Waals surface area contributed by atoms with Crippen molar-refractivity contribution >= 4 is 0 Å². The van der Waals surface area contributed by atoms with Crippen molar-refractivity contribution in [3.63, 3.8) is 0 Å². The van der Waals surface area contributed by atoms with E-state index in [1.165, 1.54) is 6.42 Å². The van der Waals surface area contributed by atoms with E-state index < -0.39 is 0 Å². The van der Waals surface area contributed by atoms with E-state index >= 15 is 0 Å². The first-order chi connectivity index (χ1) is 5.93. The van der Waals surface area contributed by atoms with Gasteiger partial charge in [-0.15, -0.1) is 0 Å². The van der Waals surface area contributed by atoms with Gasteiger partial charge in [0.05, 0.1) is 0 Å². The molecule has 12 heavy (non-hydrogen) atoms. The summed E-state index contributed by atoms with van der Waals surface area (Å²) in [5.41, 5.74) is 0. The largest absolute Gasteiger partial charge is 0.385 e. The molecule has 0 saturated carbocycles. The molecule has 0 aliphatic carbocycles. The van der Waals surface area contributed by atoms with E-state index in [-0.39, 0.29) is 0 Å². The van der Waals surface area contributed by atoms with Gasteiger partial charge in [-0.3, -0.25) is 0 Å². The number of nitrogens with zero attached hydrogens (tertiary/aromatic N) is 1. The first-order valence-electron chi connectivity index (χ1n) is 4.36. The molecule has 2 heteroatoms. The number of aromatic nitrogens is 1. The van der Waals surface area contributed by atoms with Crippen LogP contribution in [0, 0.1) is 0 Å². The van der Waals surface area contributed by atoms with Crippen LogP contribution in [0.1, 0.15) is 12.8 Å². The molecule has 0 fully saturated rings. The maximum Gasteiger partial charge on any atom is 0.168 e. The van der Waals surface area contributed by atoms with Gasteiger partial charge in [-0.1, -0.05) is 6.07 Å². The van der Waals surface area contributed by atoms with Gasteiger partial charge < -0.3 is 4.74 Å². The zero-order chi connectivity index (χ0) is 8.65. The third kappa shape index (κ3) is 3.49. The Morgan fingerprint density at radius 2 is 1.83 bits per heavy atom. The van der Waals surface area contributed by atoms with Crippen molar-refractivity contribution in [1.82, 2.24) is 0 Å². The smallest absolute Gasteiger partial charge is 0.168 e. The van der Waals surface area contributed by atoms with E-state index in [1.54, 1.807) is 7.11 Å². The van der Waals surface area contributed by atoms with Crippen LogP contribution in [0.3, 0.4) is 0 Å². The molecule has 1 aromatic heterocycles. The molecule has 0 saturated heterocycles. The lowest BCUT2D eigenvalue weighted by Gasteiger charge is -1.96. The third-order valence-corrected chi connectivity index (χ3v) is 1.79. The fraction of sp³-hybridized carbons (Fsp3) is 0.500. The molecule has 0 aliphatic rings. The van der Waals surface area contributed by atoms with Gasteiger partial charge in [0.2, 0.25) is 0 Å². The minimum atomic E-state index is 0.868. The highest BCUT2D eigenvalue weighted by Crippen LogP contribution is 1.88. The van der Waals surface area contributed by atoms with E-state index in [9.17, 15) is 0 Å². The summed E-state index contributed by atoms with van der Waals surface area (Å²) in [5.74, 6) is 0. The molecule has 0 N–H and O–H groups in total. The summed E-state index contributed by atoms with van der Waals surface area (Å²) in [4.78, 5) is 0. The van der Waals surface area contributed by atoms with Gasteiger partial charge in [0, 0.05) is 32.3 Å². The number of aryl methyl sites for hydroxylation is 1. The van der Waals surface area contributed by atoms with Gasteiger partial charge in [-0.25, -0.2) is 4.57 Å². The first-order valence-corrected chi connectivity index (χ1v) is 4.36. The van der Waals surface area contributed by atoms with Crippen molar-refractivity contribution in [3.05, 3.63) is 30.6 Å². The standard InChI is InChI=1S/C10H16NO/c1-12-10-6-5-9-11-7-3-2-4-8-11/h2-4,7-8H,5-6,9-10H2,1H3/q+1. The molecule has 1 rings (SSSR count). The molecule has 0 bridgehead atoms. The SMILES string of the molecule is COCCCC[n+]1ccccc1. The summed E-state index contributed by atoms with van der Waals surface area (Å²) in [5, 5.41) is 0. The molecule has 1 heterocycles. The van der Waals surface area contributed by atoms with Crippen LogP contribution in [0.25, 0.3) is 0 Å². The molecule has 0 aliphatic heterocycles. The third-order valence-electron chi connectivity index (χ3n) is 1.79. The van der Waals surface area contributed by atoms with Crippen LogP contribution in [-0.2, 0) is 11.3 Å². The van der Waals surface area contributed by atoms with Crippen LogP contribution in [0.4, 0.5) is 0 Å². The Labute approximate surface area is 73.8 Å². The predicted molar refractivity (Wildman–Crippen MR) is 47.7 cm³/mol. The molecule has 0 spiro atoms. The Balaban J connectivity index is 2.16. The van der Waals surface area contributed by atoms with Crippen molar-refractivity contribution in [2.45, 2.75) is 19.4 Å². The molecule has 0 atom stereocenters. The molecule has 0 aromatic carbocycles. The summed E-state index contributed by atoms with van der Waals surface area (Å²) < 4.78 is 7.16. The molecular formula is C10H16NO+. The monoisotopic (exact) mass is 166 g/mol. The minimum Gasteiger partial charge on any atom is -0.385 e. The van der Waals surface area contributed by atoms with Crippen LogP contribution in [0.5, 0.6) is 0 Å². The summed E-state index contributed by atoms with van der Waals surface area (Å²) >= 11 is 0. The summed E-state index contributed by atoms with van der Waals surface area (Å²) in [6.07, 6.45) is 6.50. The molecule has 1 aromatic rings. The van der Waals surface area contributed by atoms with Crippen molar-refractivity contribution in [2.75, 3.05) is 13.7 Å². The average molecular weight is 166 g/mol. The second-order valence-electron chi connectivity index (χ2n) is 2.81. The van der Waals surface area contributed by atoms with Crippen LogP contribution in [0.2, 0.25) is 0 Å². The molecule has 0 unspecified atom stereocenters. The van der Waals surface area contributed by atoms with E-state index in [2.05, 4.69) is 29.1 Å². The molecular weight excluding hydrogens is 150 g/mol. The molecule has 0 amide bonds. The lowest BCUT2D eigenvalue weighted by atomic mass is 10.3. The van der Waals surface area contributed by atoms with Crippen LogP contribution >= 0.6 is 0 Å². The van der Waals surface area contributed by atoms with Gasteiger partial charge in [0.15, 0.2) is 12.4 Å². The molecule has 0 radical (unpaired) electrons. The minimum absolute atomic E-state index is 0.868. The maximum atomic E-state index is 4.97. The highest BCUT2D eigenvalue weighted by atomic mass is 16.5. The van der Waals surface area contributed by atoms with Crippen molar-refractivity contribution in [1.29, 1.82) is 0 Å². The normalized spacial score (nSPS) is 10.1. The number of hydrogen-bond donors (Lipinski definition) is 0. The van der Waals surface area contributed by atoms with Crippen molar-refractivity contribution in [3.8, 4) is 0 Å². The summed E-state index contributed by atoms with van der Waals surface area (Å²) in [7, 11) is 1.75. The van der Waals surface area contributed by atoms with Crippen LogP contribution < -0.4 is 4.57 Å². The predicted octanol–water partition coefficient (Wildman–Crippen LogP) is 1.40. The van der Waals surface area contributed by atoms with Gasteiger partial charge in [-0.2, -0.15) is 0 Å². The summed E-state index contributed by atoms with van der Waals surface area (Å²) in [6.45, 7) is 1.96. The topological polar surface area (TPSA) is 13.1 Å². The average Bonchev–Trinajstić information content (AvgIpc) is 2.14. The fourth-order valence-corrected chi connectivity index (χ4v) is 1.12. The number of methoxy groups -OCH3 is 1. The lowest BCUT2D eigenvalue weighted by Crippen LogP contribution is -2.32. The number of rotatable bonds is 5. The van der Waals surface area contributed by atoms with E-state index in [1.807, 2.05) is 6.07 Å². The zero-order valence-corrected chi connectivity index (χ0v) is 7.57. The Hall–Kier alpha value is -0.890. The zero-order valence-electron chi connectivity index (χ0n) is 7.57. The highest BCUT2D eigenvalue weighted by Gasteiger charge is 1.96. The van der Waals surface area contributed by atoms with Crippen molar-refractivity contribution in [2.24, 2.45) is 0 Å². The fourth-order valence-electron chi connectivity index (χ4n) is 1.12. The Morgan fingerprint density at radius 3 is 2.50 bits per heavy atom. The number of ether oxygens (including phenoxy) is 1. The summed E-state index contributed by atoms with van der Waals surface area (Å²) in [6, 6.07) is 6.14. The van der Waals surface area contributed by atoms with Crippen molar-refractivity contribution < 1.29 is 9.30 Å². The van der Waals surface area contributed by atoms with E-state index in [0.717, 1.165) is 19.6 Å². The molecule has 2 nitrogen and oxygen atoms in total. The second kappa shape index (κ2) is 5.72. The lowest BCUT2D eigenvalue weighted by molar-refractivity contribution is -0.697.